The molecule has 142 valence electrons. The predicted octanol–water partition coefficient (Wildman–Crippen LogP) is 3.98. The van der Waals surface area contributed by atoms with Crippen LogP contribution in [0.4, 0.5) is 11.5 Å². The van der Waals surface area contributed by atoms with E-state index in [9.17, 15) is 5.26 Å². The Kier molecular flexibility index (Phi) is 4.18. The molecule has 27 heavy (non-hydrogen) atoms. The van der Waals surface area contributed by atoms with Gasteiger partial charge in [0.25, 0.3) is 0 Å². The van der Waals surface area contributed by atoms with E-state index in [1.807, 2.05) is 27.7 Å². The van der Waals surface area contributed by atoms with Crippen molar-refractivity contribution < 1.29 is 0 Å². The number of nitrogens with one attached hydrogen (secondary N) is 1. The molecule has 0 bridgehead atoms. The van der Waals surface area contributed by atoms with Crippen LogP contribution in [0.5, 0.6) is 0 Å². The van der Waals surface area contributed by atoms with Crippen LogP contribution < -0.4 is 0 Å². The van der Waals surface area contributed by atoms with E-state index in [1.165, 1.54) is 0 Å². The first-order valence-electron chi connectivity index (χ1n) is 8.78. The van der Waals surface area contributed by atoms with Gasteiger partial charge < -0.3 is 0 Å². The van der Waals surface area contributed by atoms with E-state index in [4.69, 9.17) is 0 Å². The zero-order valence-electron chi connectivity index (χ0n) is 17.1. The van der Waals surface area contributed by atoms with E-state index in [0.29, 0.717) is 28.4 Å². The number of rotatable bonds is 2. The number of hydrogen-bond acceptors (Lipinski definition) is 6. The van der Waals surface area contributed by atoms with Crippen molar-refractivity contribution in [1.82, 2.24) is 29.6 Å². The number of aryl methyl sites for hydroxylation is 2. The van der Waals surface area contributed by atoms with Gasteiger partial charge in [-0.05, 0) is 6.92 Å². The Labute approximate surface area is 158 Å². The fraction of sp³-hybridized carbons (Fsp3) is 0.556. The van der Waals surface area contributed by atoms with E-state index >= 15 is 0 Å². The SMILES string of the molecule is Cc1n[nH]c2c(/N=N/c3c(C#N)c(C(C)(C)C)nn3C)c(C(C)(C)C)nn12. The van der Waals surface area contributed by atoms with Crippen molar-refractivity contribution in [3.05, 3.63) is 22.8 Å². The minimum atomic E-state index is -0.265. The van der Waals surface area contributed by atoms with Crippen molar-refractivity contribution in [3.63, 3.8) is 0 Å². The lowest BCUT2D eigenvalue weighted by molar-refractivity contribution is 0.552. The number of aromatic nitrogens is 6. The fourth-order valence-electron chi connectivity index (χ4n) is 2.88. The summed E-state index contributed by atoms with van der Waals surface area (Å²) in [6.07, 6.45) is 0. The highest BCUT2D eigenvalue weighted by Crippen LogP contribution is 2.36. The van der Waals surface area contributed by atoms with Crippen LogP contribution in [0.1, 0.15) is 64.3 Å². The van der Waals surface area contributed by atoms with E-state index in [-0.39, 0.29) is 10.8 Å². The van der Waals surface area contributed by atoms with Gasteiger partial charge >= 0.3 is 0 Å². The van der Waals surface area contributed by atoms with Crippen molar-refractivity contribution in [2.45, 2.75) is 59.3 Å². The van der Waals surface area contributed by atoms with Crippen LogP contribution in [0.25, 0.3) is 5.65 Å². The zero-order chi connectivity index (χ0) is 20.1. The molecule has 0 aliphatic carbocycles. The Hall–Kier alpha value is -3.02. The summed E-state index contributed by atoms with van der Waals surface area (Å²) in [6.45, 7) is 14.1. The van der Waals surface area contributed by atoms with Gasteiger partial charge in [-0.1, -0.05) is 41.5 Å². The van der Waals surface area contributed by atoms with Gasteiger partial charge in [0.15, 0.2) is 17.2 Å². The molecule has 0 fully saturated rings. The maximum absolute atomic E-state index is 9.65. The topological polar surface area (TPSA) is 112 Å². The molecule has 0 unspecified atom stereocenters. The molecule has 0 aliphatic rings. The summed E-state index contributed by atoms with van der Waals surface area (Å²) in [4.78, 5) is 0. The lowest BCUT2D eigenvalue weighted by Crippen LogP contribution is -2.14. The van der Waals surface area contributed by atoms with E-state index in [0.717, 1.165) is 11.5 Å². The van der Waals surface area contributed by atoms with Crippen LogP contribution in [0.3, 0.4) is 0 Å². The highest BCUT2D eigenvalue weighted by Gasteiger charge is 2.28. The third-order valence-electron chi connectivity index (χ3n) is 4.28. The molecule has 0 atom stereocenters. The molecule has 3 aromatic heterocycles. The molecular weight excluding hydrogens is 342 g/mol. The second kappa shape index (κ2) is 6.01. The summed E-state index contributed by atoms with van der Waals surface area (Å²) in [7, 11) is 1.77. The molecule has 0 aromatic carbocycles. The largest absolute Gasteiger partial charge is 0.258 e. The van der Waals surface area contributed by atoms with Gasteiger partial charge in [-0.2, -0.15) is 25.1 Å². The molecule has 9 heteroatoms. The Morgan fingerprint density at radius 1 is 1.00 bits per heavy atom. The molecule has 0 saturated carbocycles. The van der Waals surface area contributed by atoms with Gasteiger partial charge in [-0.3, -0.25) is 5.10 Å². The van der Waals surface area contributed by atoms with Crippen LogP contribution in [0, 0.1) is 18.3 Å². The average Bonchev–Trinajstić information content (AvgIpc) is 3.18. The molecule has 0 saturated heterocycles. The normalized spacial score (nSPS) is 13.0. The number of azo groups is 1. The molecule has 0 aliphatic heterocycles. The van der Waals surface area contributed by atoms with Crippen molar-refractivity contribution in [2.75, 3.05) is 0 Å². The Morgan fingerprint density at radius 3 is 2.19 bits per heavy atom. The lowest BCUT2D eigenvalue weighted by atomic mass is 9.90. The summed E-state index contributed by atoms with van der Waals surface area (Å²) in [5, 5.41) is 34.8. The first-order chi connectivity index (χ1) is 12.4. The van der Waals surface area contributed by atoms with Gasteiger partial charge in [0, 0.05) is 17.9 Å². The number of H-pyrrole nitrogens is 1. The molecule has 3 rings (SSSR count). The summed E-state index contributed by atoms with van der Waals surface area (Å²) >= 11 is 0. The molecular formula is C18H25N9. The van der Waals surface area contributed by atoms with Gasteiger partial charge in [0.2, 0.25) is 0 Å². The molecule has 0 amide bonds. The Bertz CT molecular complexity index is 1070. The second-order valence-electron chi connectivity index (χ2n) is 8.71. The fourth-order valence-corrected chi connectivity index (χ4v) is 2.88. The monoisotopic (exact) mass is 367 g/mol. The summed E-state index contributed by atoms with van der Waals surface area (Å²) in [6, 6.07) is 2.23. The number of nitrogens with zero attached hydrogens (tertiary/aromatic N) is 8. The van der Waals surface area contributed by atoms with Crippen LogP contribution in [0.15, 0.2) is 10.2 Å². The minimum Gasteiger partial charge on any atom is -0.258 e. The highest BCUT2D eigenvalue weighted by molar-refractivity contribution is 5.68. The van der Waals surface area contributed by atoms with Gasteiger partial charge in [-0.15, -0.1) is 10.2 Å². The van der Waals surface area contributed by atoms with Crippen molar-refractivity contribution in [3.8, 4) is 6.07 Å². The maximum Gasteiger partial charge on any atom is 0.191 e. The van der Waals surface area contributed by atoms with E-state index in [2.05, 4.69) is 57.5 Å². The van der Waals surface area contributed by atoms with Crippen LogP contribution >= 0.6 is 0 Å². The Morgan fingerprint density at radius 2 is 1.63 bits per heavy atom. The number of hydrogen-bond donors (Lipinski definition) is 1. The number of aromatic amines is 1. The first kappa shape index (κ1) is 18.8. The first-order valence-corrected chi connectivity index (χ1v) is 8.78. The summed E-state index contributed by atoms with van der Waals surface area (Å²) in [5.74, 6) is 1.17. The van der Waals surface area contributed by atoms with Crippen LogP contribution in [-0.2, 0) is 17.9 Å². The molecule has 1 N–H and O–H groups in total. The Balaban J connectivity index is 2.18. The zero-order valence-corrected chi connectivity index (χ0v) is 17.1. The van der Waals surface area contributed by atoms with Crippen LogP contribution in [-0.4, -0.2) is 29.6 Å². The average molecular weight is 367 g/mol. The smallest absolute Gasteiger partial charge is 0.191 e. The third-order valence-corrected chi connectivity index (χ3v) is 4.28. The molecule has 0 spiro atoms. The van der Waals surface area contributed by atoms with Gasteiger partial charge in [0.1, 0.15) is 17.5 Å². The molecule has 9 nitrogen and oxygen atoms in total. The van der Waals surface area contributed by atoms with E-state index < -0.39 is 0 Å². The van der Waals surface area contributed by atoms with Gasteiger partial charge in [-0.25, -0.2) is 4.68 Å². The number of nitriles is 1. The number of fused-ring (bicyclic) bond motifs is 1. The third kappa shape index (κ3) is 3.12. The van der Waals surface area contributed by atoms with E-state index in [1.54, 1.807) is 16.2 Å². The highest BCUT2D eigenvalue weighted by atomic mass is 15.4. The lowest BCUT2D eigenvalue weighted by Gasteiger charge is -2.15. The standard InChI is InChI=1S/C18H25N9/c1-10-20-23-16-12(14(18(5,6)7)25-27(10)16)21-22-15-11(9-19)13(17(2,3)4)24-26(15)8/h23H,1-8H3/b22-21+. The van der Waals surface area contributed by atoms with Crippen molar-refractivity contribution >= 4 is 17.2 Å². The molecule has 0 radical (unpaired) electrons. The van der Waals surface area contributed by atoms with Crippen LogP contribution in [0.2, 0.25) is 0 Å². The minimum absolute atomic E-state index is 0.227. The van der Waals surface area contributed by atoms with Crippen molar-refractivity contribution in [1.29, 1.82) is 5.26 Å². The predicted molar refractivity (Wildman–Crippen MR) is 102 cm³/mol. The summed E-state index contributed by atoms with van der Waals surface area (Å²) < 4.78 is 3.32. The second-order valence-corrected chi connectivity index (χ2v) is 8.71. The van der Waals surface area contributed by atoms with Crippen molar-refractivity contribution in [2.24, 2.45) is 17.3 Å². The maximum atomic E-state index is 9.65. The molecule has 3 heterocycles. The van der Waals surface area contributed by atoms with Gasteiger partial charge in [0.05, 0.1) is 11.4 Å². The quantitative estimate of drug-likeness (QED) is 0.690. The summed E-state index contributed by atoms with van der Waals surface area (Å²) in [5.41, 5.74) is 2.75. The molecule has 3 aromatic rings.